The Kier molecular flexibility index (Phi) is 6.29. The third-order valence-electron chi connectivity index (χ3n) is 10.2. The topological polar surface area (TPSA) is 118 Å². The van der Waals surface area contributed by atoms with E-state index in [0.29, 0.717) is 32.1 Å². The number of aliphatic carboxylic acids is 1. The minimum atomic E-state index is -1.07. The van der Waals surface area contributed by atoms with E-state index in [0.717, 1.165) is 19.3 Å². The number of amides is 1. The molecule has 4 fully saturated rings. The summed E-state index contributed by atoms with van der Waals surface area (Å²) in [5, 5.41) is 11.1. The highest BCUT2D eigenvalue weighted by Crippen LogP contribution is 2.66. The second-order valence-electron chi connectivity index (χ2n) is 11.6. The van der Waals surface area contributed by atoms with Crippen LogP contribution >= 0.6 is 0 Å². The highest BCUT2D eigenvalue weighted by Gasteiger charge is 2.66. The highest BCUT2D eigenvalue weighted by molar-refractivity contribution is 5.93. The summed E-state index contributed by atoms with van der Waals surface area (Å²) in [5.74, 6) is -0.293. The summed E-state index contributed by atoms with van der Waals surface area (Å²) in [5.41, 5.74) is -0.670. The van der Waals surface area contributed by atoms with Crippen LogP contribution < -0.4 is 5.32 Å². The molecule has 0 aliphatic heterocycles. The van der Waals surface area contributed by atoms with Gasteiger partial charge in [0.15, 0.2) is 0 Å². The van der Waals surface area contributed by atoms with Crippen molar-refractivity contribution in [1.29, 1.82) is 0 Å². The van der Waals surface area contributed by atoms with Gasteiger partial charge in [0, 0.05) is 43.4 Å². The first-order valence-corrected chi connectivity index (χ1v) is 12.5. The van der Waals surface area contributed by atoms with E-state index in [4.69, 9.17) is 5.11 Å². The van der Waals surface area contributed by atoms with Crippen LogP contribution in [0, 0.1) is 46.3 Å². The molecule has 0 aromatic rings. The van der Waals surface area contributed by atoms with Gasteiger partial charge >= 0.3 is 5.97 Å². The third-order valence-corrected chi connectivity index (χ3v) is 10.2. The first-order chi connectivity index (χ1) is 15.5. The molecule has 7 nitrogen and oxygen atoms in total. The van der Waals surface area contributed by atoms with Crippen LogP contribution in [0.15, 0.2) is 0 Å². The van der Waals surface area contributed by atoms with Crippen LogP contribution in [0.5, 0.6) is 0 Å². The van der Waals surface area contributed by atoms with Crippen molar-refractivity contribution < 1.29 is 29.1 Å². The molecule has 0 spiro atoms. The van der Waals surface area contributed by atoms with Crippen molar-refractivity contribution in [1.82, 2.24) is 5.32 Å². The lowest BCUT2D eigenvalue weighted by Gasteiger charge is -2.58. The maximum Gasteiger partial charge on any atom is 0.322 e. The molecule has 4 saturated carbocycles. The Balaban J connectivity index is 1.51. The van der Waals surface area contributed by atoms with Crippen molar-refractivity contribution in [3.05, 3.63) is 0 Å². The number of carboxylic acids is 1. The summed E-state index contributed by atoms with van der Waals surface area (Å²) < 4.78 is 0. The van der Waals surface area contributed by atoms with Gasteiger partial charge in [-0.15, -0.1) is 0 Å². The van der Waals surface area contributed by atoms with Gasteiger partial charge in [0.1, 0.15) is 23.9 Å². The van der Waals surface area contributed by atoms with E-state index in [1.807, 2.05) is 0 Å². The molecular formula is C26H37NO6. The fourth-order valence-corrected chi connectivity index (χ4v) is 8.21. The quantitative estimate of drug-likeness (QED) is 0.630. The number of ketones is 3. The molecule has 182 valence electrons. The van der Waals surface area contributed by atoms with Crippen LogP contribution in [0.2, 0.25) is 0 Å². The zero-order chi connectivity index (χ0) is 24.1. The molecule has 2 N–H and O–H groups in total. The molecule has 4 aliphatic carbocycles. The average molecular weight is 460 g/mol. The fraction of sp³-hybridized carbons (Fsp3) is 0.808. The summed E-state index contributed by atoms with van der Waals surface area (Å²) in [6, 6.07) is 0. The number of carbonyl (C=O) groups is 5. The molecule has 0 aromatic heterocycles. The molecule has 0 saturated heterocycles. The van der Waals surface area contributed by atoms with Crippen LogP contribution in [-0.4, -0.2) is 40.9 Å². The molecule has 1 amide bonds. The minimum Gasteiger partial charge on any atom is -0.480 e. The Morgan fingerprint density at radius 3 is 2.52 bits per heavy atom. The lowest BCUT2D eigenvalue weighted by Crippen LogP contribution is -2.60. The van der Waals surface area contributed by atoms with Gasteiger partial charge in [-0.05, 0) is 60.7 Å². The standard InChI is InChI=1S/C26H37NO6/c1-14(4-7-22(31)27-13-23(32)33)17-5-6-18-24-19(12-21(30)26(17,18)3)25(2)9-8-16(28)10-15(25)11-20(24)29/h14-15,17-19,24H,4-13H2,1-3H3,(H,27,31)(H,32,33)/t14-,15?,17-,18+,19+,24+,25+,26-/m1/s1. The van der Waals surface area contributed by atoms with Gasteiger partial charge in [0.2, 0.25) is 5.91 Å². The van der Waals surface area contributed by atoms with Gasteiger partial charge < -0.3 is 10.4 Å². The van der Waals surface area contributed by atoms with Crippen molar-refractivity contribution in [2.75, 3.05) is 6.54 Å². The summed E-state index contributed by atoms with van der Waals surface area (Å²) >= 11 is 0. The summed E-state index contributed by atoms with van der Waals surface area (Å²) in [6.07, 6.45) is 5.27. The first kappa shape index (κ1) is 24.1. The van der Waals surface area contributed by atoms with Crippen LogP contribution in [0.25, 0.3) is 0 Å². The molecular weight excluding hydrogens is 422 g/mol. The Bertz CT molecular complexity index is 882. The maximum absolute atomic E-state index is 13.7. The van der Waals surface area contributed by atoms with E-state index in [1.54, 1.807) is 0 Å². The second kappa shape index (κ2) is 8.62. The number of hydrogen-bond donors (Lipinski definition) is 2. The molecule has 8 atom stereocenters. The first-order valence-electron chi connectivity index (χ1n) is 12.5. The van der Waals surface area contributed by atoms with Gasteiger partial charge in [-0.1, -0.05) is 20.8 Å². The van der Waals surface area contributed by atoms with E-state index < -0.39 is 11.4 Å². The van der Waals surface area contributed by atoms with Gasteiger partial charge in [-0.2, -0.15) is 0 Å². The van der Waals surface area contributed by atoms with Gasteiger partial charge in [0.05, 0.1) is 0 Å². The second-order valence-corrected chi connectivity index (χ2v) is 11.6. The maximum atomic E-state index is 13.7. The van der Waals surface area contributed by atoms with Crippen molar-refractivity contribution in [3.8, 4) is 0 Å². The predicted molar refractivity (Wildman–Crippen MR) is 120 cm³/mol. The van der Waals surface area contributed by atoms with Crippen LogP contribution in [0.4, 0.5) is 0 Å². The number of fused-ring (bicyclic) bond motifs is 5. The van der Waals surface area contributed by atoms with Gasteiger partial charge in [-0.25, -0.2) is 0 Å². The average Bonchev–Trinajstić information content (AvgIpc) is 3.11. The molecule has 33 heavy (non-hydrogen) atoms. The Labute approximate surface area is 195 Å². The summed E-state index contributed by atoms with van der Waals surface area (Å²) in [6.45, 7) is 5.97. The van der Waals surface area contributed by atoms with Crippen molar-refractivity contribution >= 4 is 29.2 Å². The Morgan fingerprint density at radius 2 is 1.82 bits per heavy atom. The normalized spacial score (nSPS) is 41.1. The zero-order valence-electron chi connectivity index (χ0n) is 20.0. The molecule has 0 heterocycles. The number of carboxylic acid groups (broad SMARTS) is 1. The molecule has 0 aromatic carbocycles. The zero-order valence-corrected chi connectivity index (χ0v) is 20.0. The number of nitrogens with one attached hydrogen (secondary N) is 1. The van der Waals surface area contributed by atoms with Crippen LogP contribution in [0.3, 0.4) is 0 Å². The molecule has 7 heteroatoms. The largest absolute Gasteiger partial charge is 0.480 e. The molecule has 4 aliphatic rings. The van der Waals surface area contributed by atoms with Crippen LogP contribution in [0.1, 0.15) is 78.6 Å². The summed E-state index contributed by atoms with van der Waals surface area (Å²) in [7, 11) is 0. The van der Waals surface area contributed by atoms with E-state index in [-0.39, 0.29) is 77.1 Å². The lowest BCUT2D eigenvalue weighted by molar-refractivity contribution is -0.166. The van der Waals surface area contributed by atoms with E-state index in [2.05, 4.69) is 26.1 Å². The highest BCUT2D eigenvalue weighted by atomic mass is 16.4. The monoisotopic (exact) mass is 459 g/mol. The molecule has 4 rings (SSSR count). The Morgan fingerprint density at radius 1 is 1.09 bits per heavy atom. The van der Waals surface area contributed by atoms with E-state index in [9.17, 15) is 24.0 Å². The van der Waals surface area contributed by atoms with Gasteiger partial charge in [0.25, 0.3) is 0 Å². The van der Waals surface area contributed by atoms with Gasteiger partial charge in [-0.3, -0.25) is 24.0 Å². The predicted octanol–water partition coefficient (Wildman–Crippen LogP) is 3.19. The SMILES string of the molecule is C[C@H](CCC(=O)NCC(=O)O)[C@H]1CC[C@H]2[C@@H]3C(=O)CC4CC(=O)CC[C@]4(C)[C@H]3CC(=O)[C@]12C. The number of Topliss-reactive ketones (excluding diaryl/α,β-unsaturated/α-hetero) is 3. The fourth-order valence-electron chi connectivity index (χ4n) is 8.21. The van der Waals surface area contributed by atoms with Crippen molar-refractivity contribution in [3.63, 3.8) is 0 Å². The van der Waals surface area contributed by atoms with E-state index >= 15 is 0 Å². The third kappa shape index (κ3) is 3.95. The van der Waals surface area contributed by atoms with Crippen molar-refractivity contribution in [2.24, 2.45) is 46.3 Å². The summed E-state index contributed by atoms with van der Waals surface area (Å²) in [4.78, 5) is 61.9. The molecule has 0 radical (unpaired) electrons. The molecule has 1 unspecified atom stereocenters. The van der Waals surface area contributed by atoms with Crippen molar-refractivity contribution in [2.45, 2.75) is 78.6 Å². The number of rotatable bonds is 6. The number of hydrogen-bond acceptors (Lipinski definition) is 5. The molecule has 0 bridgehead atoms. The smallest absolute Gasteiger partial charge is 0.322 e. The lowest BCUT2D eigenvalue weighted by atomic mass is 9.44. The van der Waals surface area contributed by atoms with E-state index in [1.165, 1.54) is 0 Å². The Hall–Kier alpha value is -2.05. The number of carbonyl (C=O) groups excluding carboxylic acids is 4. The van der Waals surface area contributed by atoms with Crippen LogP contribution in [-0.2, 0) is 24.0 Å². The minimum absolute atomic E-state index is 0.0401.